The summed E-state index contributed by atoms with van der Waals surface area (Å²) in [5.74, 6) is 0.673. The number of halogens is 1. The van der Waals surface area contributed by atoms with Gasteiger partial charge >= 0.3 is 0 Å². The first-order valence-corrected chi connectivity index (χ1v) is 7.15. The fourth-order valence-corrected chi connectivity index (χ4v) is 2.33. The van der Waals surface area contributed by atoms with E-state index in [9.17, 15) is 0 Å². The van der Waals surface area contributed by atoms with Crippen molar-refractivity contribution >= 4 is 21.7 Å². The molecular weight excluding hydrogens is 314 g/mol. The molecule has 0 saturated carbocycles. The van der Waals surface area contributed by atoms with Crippen LogP contribution >= 0.6 is 15.9 Å². The third-order valence-corrected chi connectivity index (χ3v) is 3.65. The molecule has 2 N–H and O–H groups in total. The highest BCUT2D eigenvalue weighted by Gasteiger charge is 2.07. The number of hydrogen-bond acceptors (Lipinski definition) is 2. The fourth-order valence-electron chi connectivity index (χ4n) is 2.07. The summed E-state index contributed by atoms with van der Waals surface area (Å²) in [6, 6.07) is 20.1. The Balaban J connectivity index is 1.88. The maximum atomic E-state index is 6.05. The number of benzene rings is 2. The van der Waals surface area contributed by atoms with Crippen LogP contribution in [0.5, 0.6) is 0 Å². The Morgan fingerprint density at radius 1 is 1.00 bits per heavy atom. The summed E-state index contributed by atoms with van der Waals surface area (Å²) in [4.78, 5) is 0. The molecule has 0 aliphatic rings. The van der Waals surface area contributed by atoms with Crippen molar-refractivity contribution in [1.82, 2.24) is 9.78 Å². The largest absolute Gasteiger partial charge is 0.384 e. The number of anilines is 1. The van der Waals surface area contributed by atoms with Gasteiger partial charge in [0.2, 0.25) is 0 Å². The fraction of sp³-hybridized carbons (Fsp3) is 0.0625. The molecule has 0 atom stereocenters. The van der Waals surface area contributed by atoms with Crippen LogP contribution in [0.2, 0.25) is 0 Å². The van der Waals surface area contributed by atoms with Crippen LogP contribution in [-0.2, 0) is 6.54 Å². The van der Waals surface area contributed by atoms with Gasteiger partial charge in [0.05, 0.1) is 12.2 Å². The van der Waals surface area contributed by atoms with Crippen LogP contribution in [0.1, 0.15) is 5.56 Å². The van der Waals surface area contributed by atoms with Crippen molar-refractivity contribution < 1.29 is 0 Å². The number of rotatable bonds is 3. The number of aromatic nitrogens is 2. The number of nitrogen functional groups attached to an aromatic ring is 1. The van der Waals surface area contributed by atoms with Crippen molar-refractivity contribution in [2.75, 3.05) is 5.73 Å². The van der Waals surface area contributed by atoms with Crippen LogP contribution in [0.25, 0.3) is 11.3 Å². The molecule has 100 valence electrons. The molecule has 0 spiro atoms. The summed E-state index contributed by atoms with van der Waals surface area (Å²) >= 11 is 3.43. The monoisotopic (exact) mass is 327 g/mol. The van der Waals surface area contributed by atoms with E-state index < -0.39 is 0 Å². The molecule has 3 nitrogen and oxygen atoms in total. The van der Waals surface area contributed by atoms with Gasteiger partial charge in [-0.2, -0.15) is 5.10 Å². The summed E-state index contributed by atoms with van der Waals surface area (Å²) in [5.41, 5.74) is 9.20. The van der Waals surface area contributed by atoms with Crippen LogP contribution in [0.4, 0.5) is 5.82 Å². The molecule has 0 aliphatic heterocycles. The first-order chi connectivity index (χ1) is 9.72. The zero-order valence-electron chi connectivity index (χ0n) is 10.8. The second kappa shape index (κ2) is 5.51. The van der Waals surface area contributed by atoms with Crippen LogP contribution in [0.15, 0.2) is 65.1 Å². The smallest absolute Gasteiger partial charge is 0.122 e. The molecule has 0 bridgehead atoms. The van der Waals surface area contributed by atoms with Crippen molar-refractivity contribution in [3.63, 3.8) is 0 Å². The zero-order valence-corrected chi connectivity index (χ0v) is 12.4. The molecular formula is C16H14BrN3. The Kier molecular flexibility index (Phi) is 3.56. The molecule has 3 rings (SSSR count). The van der Waals surface area contributed by atoms with Crippen LogP contribution < -0.4 is 5.73 Å². The normalized spacial score (nSPS) is 10.7. The molecule has 3 aromatic rings. The van der Waals surface area contributed by atoms with E-state index in [1.54, 1.807) is 0 Å². The van der Waals surface area contributed by atoms with E-state index in [1.165, 1.54) is 5.56 Å². The van der Waals surface area contributed by atoms with Gasteiger partial charge in [-0.25, -0.2) is 4.68 Å². The van der Waals surface area contributed by atoms with Gasteiger partial charge in [0, 0.05) is 16.1 Å². The van der Waals surface area contributed by atoms with Crippen molar-refractivity contribution in [2.45, 2.75) is 6.54 Å². The first kappa shape index (κ1) is 12.9. The minimum absolute atomic E-state index is 0.673. The SMILES string of the molecule is Nc1cc(-c2ccccc2)nn1Cc1ccc(Br)cc1. The van der Waals surface area contributed by atoms with Gasteiger partial charge < -0.3 is 5.73 Å². The summed E-state index contributed by atoms with van der Waals surface area (Å²) in [7, 11) is 0. The predicted octanol–water partition coefficient (Wildman–Crippen LogP) is 3.94. The van der Waals surface area contributed by atoms with Crippen LogP contribution in [-0.4, -0.2) is 9.78 Å². The first-order valence-electron chi connectivity index (χ1n) is 6.35. The van der Waals surface area contributed by atoms with Crippen molar-refractivity contribution in [3.8, 4) is 11.3 Å². The van der Waals surface area contributed by atoms with Gasteiger partial charge in [-0.1, -0.05) is 58.4 Å². The summed E-state index contributed by atoms with van der Waals surface area (Å²) in [6.07, 6.45) is 0. The third kappa shape index (κ3) is 2.75. The van der Waals surface area contributed by atoms with E-state index in [-0.39, 0.29) is 0 Å². The van der Waals surface area contributed by atoms with E-state index in [0.717, 1.165) is 15.7 Å². The quantitative estimate of drug-likeness (QED) is 0.791. The van der Waals surface area contributed by atoms with Crippen molar-refractivity contribution in [3.05, 3.63) is 70.7 Å². The number of nitrogens with zero attached hydrogens (tertiary/aromatic N) is 2. The lowest BCUT2D eigenvalue weighted by molar-refractivity contribution is 0.699. The molecule has 4 heteroatoms. The maximum absolute atomic E-state index is 6.05. The zero-order chi connectivity index (χ0) is 13.9. The van der Waals surface area contributed by atoms with E-state index >= 15 is 0 Å². The van der Waals surface area contributed by atoms with Gasteiger partial charge in [-0.15, -0.1) is 0 Å². The van der Waals surface area contributed by atoms with Crippen LogP contribution in [0.3, 0.4) is 0 Å². The van der Waals surface area contributed by atoms with E-state index in [1.807, 2.05) is 53.2 Å². The number of hydrogen-bond donors (Lipinski definition) is 1. The lowest BCUT2D eigenvalue weighted by Crippen LogP contribution is -2.05. The van der Waals surface area contributed by atoms with E-state index in [0.29, 0.717) is 12.4 Å². The minimum Gasteiger partial charge on any atom is -0.384 e. The Bertz CT molecular complexity index is 702. The van der Waals surface area contributed by atoms with Gasteiger partial charge in [-0.3, -0.25) is 0 Å². The third-order valence-electron chi connectivity index (χ3n) is 3.13. The van der Waals surface area contributed by atoms with Gasteiger partial charge in [0.25, 0.3) is 0 Å². The van der Waals surface area contributed by atoms with E-state index in [4.69, 9.17) is 5.73 Å². The average Bonchev–Trinajstić information content (AvgIpc) is 2.84. The predicted molar refractivity (Wildman–Crippen MR) is 85.3 cm³/mol. The number of nitrogens with two attached hydrogens (primary N) is 1. The van der Waals surface area contributed by atoms with Gasteiger partial charge in [-0.05, 0) is 17.7 Å². The summed E-state index contributed by atoms with van der Waals surface area (Å²) in [6.45, 7) is 0.673. The molecule has 0 aliphatic carbocycles. The molecule has 0 radical (unpaired) electrons. The lowest BCUT2D eigenvalue weighted by Gasteiger charge is -2.04. The summed E-state index contributed by atoms with van der Waals surface area (Å²) in [5, 5.41) is 4.58. The molecule has 20 heavy (non-hydrogen) atoms. The van der Waals surface area contributed by atoms with Crippen molar-refractivity contribution in [1.29, 1.82) is 0 Å². The second-order valence-electron chi connectivity index (χ2n) is 4.60. The summed E-state index contributed by atoms with van der Waals surface area (Å²) < 4.78 is 2.89. The second-order valence-corrected chi connectivity index (χ2v) is 5.52. The average molecular weight is 328 g/mol. The molecule has 0 fully saturated rings. The Morgan fingerprint density at radius 2 is 1.70 bits per heavy atom. The molecule has 0 unspecified atom stereocenters. The minimum atomic E-state index is 0.673. The Morgan fingerprint density at radius 3 is 2.40 bits per heavy atom. The molecule has 1 aromatic heterocycles. The molecule has 0 saturated heterocycles. The molecule has 2 aromatic carbocycles. The highest BCUT2D eigenvalue weighted by Crippen LogP contribution is 2.21. The highest BCUT2D eigenvalue weighted by atomic mass is 79.9. The Labute approximate surface area is 126 Å². The topological polar surface area (TPSA) is 43.8 Å². The van der Waals surface area contributed by atoms with Gasteiger partial charge in [0.1, 0.15) is 5.82 Å². The standard InChI is InChI=1S/C16H14BrN3/c17-14-8-6-12(7-9-14)11-20-16(18)10-15(19-20)13-4-2-1-3-5-13/h1-10H,11,18H2. The van der Waals surface area contributed by atoms with Gasteiger partial charge in [0.15, 0.2) is 0 Å². The highest BCUT2D eigenvalue weighted by molar-refractivity contribution is 9.10. The maximum Gasteiger partial charge on any atom is 0.122 e. The molecule has 1 heterocycles. The lowest BCUT2D eigenvalue weighted by atomic mass is 10.2. The molecule has 0 amide bonds. The van der Waals surface area contributed by atoms with Crippen LogP contribution in [0, 0.1) is 0 Å². The Hall–Kier alpha value is -2.07. The van der Waals surface area contributed by atoms with E-state index in [2.05, 4.69) is 33.2 Å². The van der Waals surface area contributed by atoms with Crippen molar-refractivity contribution in [2.24, 2.45) is 0 Å².